The number of hydrogen-bond acceptors (Lipinski definition) is 4. The van der Waals surface area contributed by atoms with Crippen LogP contribution in [0.5, 0.6) is 0 Å². The summed E-state index contributed by atoms with van der Waals surface area (Å²) >= 11 is 0. The highest BCUT2D eigenvalue weighted by atomic mass is 16.5. The molecule has 1 fully saturated rings. The molecule has 2 aromatic heterocycles. The lowest BCUT2D eigenvalue weighted by Gasteiger charge is -2.11. The lowest BCUT2D eigenvalue weighted by molar-refractivity contribution is -0.122. The van der Waals surface area contributed by atoms with E-state index >= 15 is 0 Å². The first-order valence-corrected chi connectivity index (χ1v) is 6.65. The predicted molar refractivity (Wildman–Crippen MR) is 71.4 cm³/mol. The summed E-state index contributed by atoms with van der Waals surface area (Å²) in [5.41, 5.74) is 0.233. The Morgan fingerprint density at radius 2 is 2.45 bits per heavy atom. The van der Waals surface area contributed by atoms with Gasteiger partial charge in [-0.05, 0) is 25.0 Å². The number of rotatable bonds is 4. The fraction of sp³-hybridized carbons (Fsp3) is 0.462. The van der Waals surface area contributed by atoms with Crippen LogP contribution >= 0.6 is 0 Å². The van der Waals surface area contributed by atoms with Gasteiger partial charge in [0, 0.05) is 19.3 Å². The Morgan fingerprint density at radius 1 is 1.55 bits per heavy atom. The zero-order chi connectivity index (χ0) is 13.9. The molecule has 3 heterocycles. The zero-order valence-electron chi connectivity index (χ0n) is 11.0. The monoisotopic (exact) mass is 276 g/mol. The van der Waals surface area contributed by atoms with Crippen molar-refractivity contribution in [3.63, 3.8) is 0 Å². The van der Waals surface area contributed by atoms with Crippen molar-refractivity contribution in [1.29, 1.82) is 0 Å². The third-order valence-corrected chi connectivity index (χ3v) is 3.39. The summed E-state index contributed by atoms with van der Waals surface area (Å²) in [5, 5.41) is 6.75. The molecular weight excluding hydrogens is 260 g/mol. The predicted octanol–water partition coefficient (Wildman–Crippen LogP) is -0.209. The van der Waals surface area contributed by atoms with Crippen LogP contribution in [0.15, 0.2) is 29.5 Å². The van der Waals surface area contributed by atoms with Crippen LogP contribution in [0.4, 0.5) is 0 Å². The van der Waals surface area contributed by atoms with E-state index in [1.165, 1.54) is 11.0 Å². The van der Waals surface area contributed by atoms with Crippen molar-refractivity contribution < 1.29 is 9.53 Å². The minimum atomic E-state index is -0.273. The van der Waals surface area contributed by atoms with E-state index in [2.05, 4.69) is 10.4 Å². The zero-order valence-corrected chi connectivity index (χ0v) is 11.0. The number of fused-ring (bicyclic) bond motifs is 1. The summed E-state index contributed by atoms with van der Waals surface area (Å²) in [5.74, 6) is -0.231. The first kappa shape index (κ1) is 12.9. The topological polar surface area (TPSA) is 77.6 Å². The largest absolute Gasteiger partial charge is 0.376 e. The molecule has 0 spiro atoms. The number of ether oxygens (including phenoxy) is 1. The standard InChI is InChI=1S/C13H16N4O3/c18-12(14-7-10-3-2-6-20-10)8-17-13(19)11-4-1-5-16(11)9-15-17/h1,4-5,9-10H,2-3,6-8H2,(H,14,18)/t10-/m1/s1. The molecule has 0 aromatic carbocycles. The van der Waals surface area contributed by atoms with Gasteiger partial charge in [-0.25, -0.2) is 4.68 Å². The minimum absolute atomic E-state index is 0.0762. The van der Waals surface area contributed by atoms with Gasteiger partial charge in [0.05, 0.1) is 6.10 Å². The number of carbonyl (C=O) groups excluding carboxylic acids is 1. The molecule has 1 aliphatic rings. The van der Waals surface area contributed by atoms with Gasteiger partial charge in [0.1, 0.15) is 18.4 Å². The van der Waals surface area contributed by atoms with Crippen LogP contribution in [0.2, 0.25) is 0 Å². The Balaban J connectivity index is 1.64. The van der Waals surface area contributed by atoms with Gasteiger partial charge in [0.25, 0.3) is 5.56 Å². The summed E-state index contributed by atoms with van der Waals surface area (Å²) in [4.78, 5) is 23.9. The van der Waals surface area contributed by atoms with Crippen LogP contribution in [-0.2, 0) is 16.1 Å². The molecule has 0 bridgehead atoms. The maximum atomic E-state index is 12.1. The van der Waals surface area contributed by atoms with E-state index in [9.17, 15) is 9.59 Å². The van der Waals surface area contributed by atoms with Gasteiger partial charge in [-0.2, -0.15) is 5.10 Å². The molecule has 7 heteroatoms. The van der Waals surface area contributed by atoms with Crippen molar-refractivity contribution in [3.8, 4) is 0 Å². The maximum absolute atomic E-state index is 12.1. The van der Waals surface area contributed by atoms with Crippen molar-refractivity contribution in [3.05, 3.63) is 35.0 Å². The fourth-order valence-electron chi connectivity index (χ4n) is 2.32. The molecule has 7 nitrogen and oxygen atoms in total. The number of amides is 1. The number of nitrogens with zero attached hydrogens (tertiary/aromatic N) is 3. The number of carbonyl (C=O) groups is 1. The molecular formula is C13H16N4O3. The second-order valence-electron chi connectivity index (χ2n) is 4.83. The molecule has 0 radical (unpaired) electrons. The SMILES string of the molecule is O=C(Cn1ncn2cccc2c1=O)NC[C@H]1CCCO1. The second-order valence-corrected chi connectivity index (χ2v) is 4.83. The summed E-state index contributed by atoms with van der Waals surface area (Å²) in [6.45, 7) is 1.17. The van der Waals surface area contributed by atoms with E-state index in [1.807, 2.05) is 0 Å². The quantitative estimate of drug-likeness (QED) is 0.838. The normalized spacial score (nSPS) is 18.5. The van der Waals surface area contributed by atoms with Crippen LogP contribution in [0, 0.1) is 0 Å². The first-order valence-electron chi connectivity index (χ1n) is 6.65. The van der Waals surface area contributed by atoms with Crippen LogP contribution < -0.4 is 10.9 Å². The van der Waals surface area contributed by atoms with Crippen molar-refractivity contribution >= 4 is 11.4 Å². The molecule has 2 aromatic rings. The number of aromatic nitrogens is 3. The highest BCUT2D eigenvalue weighted by Crippen LogP contribution is 2.10. The summed E-state index contributed by atoms with van der Waals surface area (Å²) in [6, 6.07) is 3.46. The number of hydrogen-bond donors (Lipinski definition) is 1. The van der Waals surface area contributed by atoms with Gasteiger partial charge in [-0.3, -0.25) is 9.59 Å². The van der Waals surface area contributed by atoms with E-state index in [0.29, 0.717) is 12.1 Å². The van der Waals surface area contributed by atoms with Crippen molar-refractivity contribution in [2.24, 2.45) is 0 Å². The Hall–Kier alpha value is -2.15. The molecule has 1 aliphatic heterocycles. The number of nitrogens with one attached hydrogen (secondary N) is 1. The molecule has 3 rings (SSSR count). The molecule has 1 saturated heterocycles. The van der Waals surface area contributed by atoms with E-state index in [-0.39, 0.29) is 24.1 Å². The molecule has 20 heavy (non-hydrogen) atoms. The van der Waals surface area contributed by atoms with E-state index in [1.54, 1.807) is 22.7 Å². The van der Waals surface area contributed by atoms with E-state index in [0.717, 1.165) is 19.4 Å². The molecule has 106 valence electrons. The maximum Gasteiger partial charge on any atom is 0.291 e. The molecule has 1 N–H and O–H groups in total. The smallest absolute Gasteiger partial charge is 0.291 e. The molecule has 0 aliphatic carbocycles. The molecule has 1 atom stereocenters. The van der Waals surface area contributed by atoms with Crippen molar-refractivity contribution in [2.45, 2.75) is 25.5 Å². The van der Waals surface area contributed by atoms with Gasteiger partial charge in [-0.1, -0.05) is 0 Å². The Kier molecular flexibility index (Phi) is 3.51. The molecule has 0 saturated carbocycles. The van der Waals surface area contributed by atoms with Crippen LogP contribution in [-0.4, -0.2) is 39.3 Å². The van der Waals surface area contributed by atoms with Crippen LogP contribution in [0.1, 0.15) is 12.8 Å². The Bertz CT molecular complexity index is 670. The highest BCUT2D eigenvalue weighted by Gasteiger charge is 2.16. The van der Waals surface area contributed by atoms with Gasteiger partial charge < -0.3 is 14.5 Å². The van der Waals surface area contributed by atoms with Crippen molar-refractivity contribution in [1.82, 2.24) is 19.5 Å². The summed E-state index contributed by atoms with van der Waals surface area (Å²) < 4.78 is 8.22. The summed E-state index contributed by atoms with van der Waals surface area (Å²) in [7, 11) is 0. The average Bonchev–Trinajstić information content (AvgIpc) is 3.10. The first-order chi connectivity index (χ1) is 9.74. The third-order valence-electron chi connectivity index (χ3n) is 3.39. The highest BCUT2D eigenvalue weighted by molar-refractivity contribution is 5.75. The van der Waals surface area contributed by atoms with Gasteiger partial charge in [-0.15, -0.1) is 0 Å². The Morgan fingerprint density at radius 3 is 3.25 bits per heavy atom. The average molecular weight is 276 g/mol. The van der Waals surface area contributed by atoms with E-state index < -0.39 is 0 Å². The van der Waals surface area contributed by atoms with Gasteiger partial charge in [0.2, 0.25) is 5.91 Å². The lowest BCUT2D eigenvalue weighted by atomic mass is 10.2. The lowest BCUT2D eigenvalue weighted by Crippen LogP contribution is -2.37. The third kappa shape index (κ3) is 2.57. The van der Waals surface area contributed by atoms with Crippen LogP contribution in [0.3, 0.4) is 0 Å². The Labute approximate surface area is 115 Å². The minimum Gasteiger partial charge on any atom is -0.376 e. The van der Waals surface area contributed by atoms with E-state index in [4.69, 9.17) is 4.74 Å². The second kappa shape index (κ2) is 5.46. The van der Waals surface area contributed by atoms with Gasteiger partial charge in [0.15, 0.2) is 0 Å². The summed E-state index contributed by atoms with van der Waals surface area (Å²) in [6.07, 6.45) is 5.35. The van der Waals surface area contributed by atoms with Gasteiger partial charge >= 0.3 is 0 Å². The molecule has 0 unspecified atom stereocenters. The molecule has 1 amide bonds. The fourth-order valence-corrected chi connectivity index (χ4v) is 2.32. The van der Waals surface area contributed by atoms with Crippen molar-refractivity contribution in [2.75, 3.05) is 13.2 Å². The van der Waals surface area contributed by atoms with Crippen LogP contribution in [0.25, 0.3) is 5.52 Å².